The van der Waals surface area contributed by atoms with Gasteiger partial charge in [-0.2, -0.15) is 5.10 Å². The van der Waals surface area contributed by atoms with Gasteiger partial charge in [-0.3, -0.25) is 9.59 Å². The van der Waals surface area contributed by atoms with Gasteiger partial charge in [0.15, 0.2) is 0 Å². The minimum atomic E-state index is -0.646. The molecular formula is C27H25F2N3O2. The van der Waals surface area contributed by atoms with Gasteiger partial charge in [0.2, 0.25) is 0 Å². The highest BCUT2D eigenvalue weighted by Gasteiger charge is 2.34. The zero-order valence-electron chi connectivity index (χ0n) is 19.3. The van der Waals surface area contributed by atoms with Crippen molar-refractivity contribution in [3.63, 3.8) is 0 Å². The van der Waals surface area contributed by atoms with Crippen LogP contribution in [0.4, 0.5) is 8.78 Å². The molecule has 3 aromatic rings. The van der Waals surface area contributed by atoms with Crippen LogP contribution in [0.15, 0.2) is 71.8 Å². The fraction of sp³-hybridized carbons (Fsp3) is 0.222. The Morgan fingerprint density at radius 1 is 1.00 bits per heavy atom. The summed E-state index contributed by atoms with van der Waals surface area (Å²) < 4.78 is 27.6. The van der Waals surface area contributed by atoms with Crippen LogP contribution in [-0.4, -0.2) is 41.0 Å². The Morgan fingerprint density at radius 2 is 1.71 bits per heavy atom. The third kappa shape index (κ3) is 4.73. The number of rotatable bonds is 5. The van der Waals surface area contributed by atoms with Crippen LogP contribution in [-0.2, 0) is 4.79 Å². The van der Waals surface area contributed by atoms with Crippen LogP contribution in [0.25, 0.3) is 0 Å². The van der Waals surface area contributed by atoms with E-state index in [1.54, 1.807) is 18.2 Å². The van der Waals surface area contributed by atoms with Crippen LogP contribution >= 0.6 is 0 Å². The molecule has 34 heavy (non-hydrogen) atoms. The van der Waals surface area contributed by atoms with Gasteiger partial charge in [-0.25, -0.2) is 13.8 Å². The van der Waals surface area contributed by atoms with Gasteiger partial charge in [-0.05, 0) is 66.4 Å². The van der Waals surface area contributed by atoms with E-state index < -0.39 is 23.7 Å². The molecule has 2 amide bonds. The normalized spacial score (nSPS) is 15.3. The van der Waals surface area contributed by atoms with Gasteiger partial charge in [0, 0.05) is 13.5 Å². The van der Waals surface area contributed by atoms with Crippen molar-refractivity contribution in [2.75, 3.05) is 13.6 Å². The van der Waals surface area contributed by atoms with Crippen molar-refractivity contribution < 1.29 is 18.4 Å². The minimum absolute atomic E-state index is 0.103. The van der Waals surface area contributed by atoms with Crippen LogP contribution in [0.2, 0.25) is 0 Å². The predicted octanol–water partition coefficient (Wildman–Crippen LogP) is 5.03. The van der Waals surface area contributed by atoms with E-state index in [4.69, 9.17) is 0 Å². The number of amides is 2. The molecule has 0 spiro atoms. The van der Waals surface area contributed by atoms with Crippen molar-refractivity contribution in [2.45, 2.75) is 26.3 Å². The van der Waals surface area contributed by atoms with Crippen molar-refractivity contribution >= 4 is 17.5 Å². The summed E-state index contributed by atoms with van der Waals surface area (Å²) in [5.74, 6) is -2.03. The van der Waals surface area contributed by atoms with Crippen molar-refractivity contribution in [2.24, 2.45) is 5.10 Å². The van der Waals surface area contributed by atoms with Gasteiger partial charge in [0.1, 0.15) is 18.2 Å². The number of benzene rings is 3. The second-order valence-electron chi connectivity index (χ2n) is 8.50. The molecule has 0 saturated heterocycles. The van der Waals surface area contributed by atoms with E-state index in [1.807, 2.05) is 32.0 Å². The van der Waals surface area contributed by atoms with Gasteiger partial charge < -0.3 is 4.90 Å². The summed E-state index contributed by atoms with van der Waals surface area (Å²) in [7, 11) is 1.45. The fourth-order valence-electron chi connectivity index (χ4n) is 3.97. The number of hydrogen-bond donors (Lipinski definition) is 0. The molecule has 0 aromatic heterocycles. The highest BCUT2D eigenvalue weighted by Crippen LogP contribution is 2.33. The molecule has 1 atom stereocenters. The average Bonchev–Trinajstić information content (AvgIpc) is 3.27. The summed E-state index contributed by atoms with van der Waals surface area (Å²) in [5, 5.41) is 5.96. The molecule has 4 rings (SSSR count). The summed E-state index contributed by atoms with van der Waals surface area (Å²) in [6, 6.07) is 17.2. The Balaban J connectivity index is 1.61. The molecule has 174 valence electrons. The van der Waals surface area contributed by atoms with Crippen LogP contribution in [0.5, 0.6) is 0 Å². The number of hydrogen-bond acceptors (Lipinski definition) is 3. The van der Waals surface area contributed by atoms with E-state index >= 15 is 0 Å². The summed E-state index contributed by atoms with van der Waals surface area (Å²) in [4.78, 5) is 27.2. The van der Waals surface area contributed by atoms with Gasteiger partial charge in [-0.15, -0.1) is 0 Å². The summed E-state index contributed by atoms with van der Waals surface area (Å²) in [6.07, 6.45) is 0.449. The minimum Gasteiger partial charge on any atom is -0.332 e. The molecule has 0 radical (unpaired) electrons. The second kappa shape index (κ2) is 9.55. The third-order valence-electron chi connectivity index (χ3n) is 6.08. The van der Waals surface area contributed by atoms with Crippen molar-refractivity contribution in [1.29, 1.82) is 0 Å². The van der Waals surface area contributed by atoms with E-state index in [9.17, 15) is 18.4 Å². The smallest absolute Gasteiger partial charge is 0.262 e. The Hall–Kier alpha value is -3.87. The van der Waals surface area contributed by atoms with Crippen LogP contribution in [0.3, 0.4) is 0 Å². The van der Waals surface area contributed by atoms with Crippen LogP contribution < -0.4 is 0 Å². The number of hydrazone groups is 1. The molecule has 1 aliphatic rings. The summed E-state index contributed by atoms with van der Waals surface area (Å²) in [5.41, 5.74) is 4.53. The van der Waals surface area contributed by atoms with Crippen molar-refractivity contribution in [3.05, 3.63) is 106 Å². The lowest BCUT2D eigenvalue weighted by Crippen LogP contribution is -2.39. The Bertz CT molecular complexity index is 1270. The number of nitrogens with zero attached hydrogens (tertiary/aromatic N) is 3. The predicted molar refractivity (Wildman–Crippen MR) is 126 cm³/mol. The molecule has 1 heterocycles. The maximum absolute atomic E-state index is 14.1. The Labute approximate surface area is 197 Å². The topological polar surface area (TPSA) is 53.0 Å². The maximum atomic E-state index is 14.1. The molecule has 7 heteroatoms. The molecule has 5 nitrogen and oxygen atoms in total. The quantitative estimate of drug-likeness (QED) is 0.535. The SMILES string of the molecule is Cc1ccc(C2=NN(C(=O)CN(C)C(=O)c3ccccc3F)[C@H](c3ccc(F)cc3)C2)cc1C. The van der Waals surface area contributed by atoms with Gasteiger partial charge >= 0.3 is 0 Å². The van der Waals surface area contributed by atoms with Gasteiger partial charge in [0.25, 0.3) is 11.8 Å². The van der Waals surface area contributed by atoms with E-state index in [2.05, 4.69) is 5.10 Å². The molecule has 0 bridgehead atoms. The largest absolute Gasteiger partial charge is 0.332 e. The number of likely N-dealkylation sites (N-methyl/N-ethyl adjacent to an activating group) is 1. The highest BCUT2D eigenvalue weighted by atomic mass is 19.1. The standard InChI is InChI=1S/C27H25F2N3O2/c1-17-8-9-20(14-18(17)2)24-15-25(19-10-12-21(28)13-11-19)32(30-24)26(33)16-31(3)27(34)22-6-4-5-7-23(22)29/h4-14,25H,15-16H2,1-3H3/t25-/m0/s1. The molecule has 0 fully saturated rings. The summed E-state index contributed by atoms with van der Waals surface area (Å²) in [6.45, 7) is 3.75. The lowest BCUT2D eigenvalue weighted by atomic mass is 9.96. The molecular weight excluding hydrogens is 436 g/mol. The maximum Gasteiger partial charge on any atom is 0.262 e. The average molecular weight is 462 g/mol. The highest BCUT2D eigenvalue weighted by molar-refractivity contribution is 6.04. The monoisotopic (exact) mass is 461 g/mol. The number of carbonyl (C=O) groups excluding carboxylic acids is 2. The lowest BCUT2D eigenvalue weighted by Gasteiger charge is -2.25. The van der Waals surface area contributed by atoms with Gasteiger partial charge in [-0.1, -0.05) is 36.4 Å². The van der Waals surface area contributed by atoms with E-state index in [0.29, 0.717) is 6.42 Å². The molecule has 0 saturated carbocycles. The summed E-state index contributed by atoms with van der Waals surface area (Å²) >= 11 is 0. The van der Waals surface area contributed by atoms with E-state index in [0.717, 1.165) is 28.0 Å². The zero-order chi connectivity index (χ0) is 24.4. The van der Waals surface area contributed by atoms with Gasteiger partial charge in [0.05, 0.1) is 17.3 Å². The second-order valence-corrected chi connectivity index (χ2v) is 8.50. The Kier molecular flexibility index (Phi) is 6.54. The van der Waals surface area contributed by atoms with E-state index in [1.165, 1.54) is 47.3 Å². The van der Waals surface area contributed by atoms with Crippen molar-refractivity contribution in [1.82, 2.24) is 9.91 Å². The molecule has 3 aromatic carbocycles. The molecule has 0 unspecified atom stereocenters. The lowest BCUT2D eigenvalue weighted by molar-refractivity contribution is -0.133. The Morgan fingerprint density at radius 3 is 2.38 bits per heavy atom. The molecule has 0 aliphatic carbocycles. The first-order valence-corrected chi connectivity index (χ1v) is 11.0. The zero-order valence-corrected chi connectivity index (χ0v) is 19.3. The number of carbonyl (C=O) groups is 2. The fourth-order valence-corrected chi connectivity index (χ4v) is 3.97. The third-order valence-corrected chi connectivity index (χ3v) is 6.08. The van der Waals surface area contributed by atoms with Crippen molar-refractivity contribution in [3.8, 4) is 0 Å². The molecule has 0 N–H and O–H groups in total. The first-order valence-electron chi connectivity index (χ1n) is 11.0. The van der Waals surface area contributed by atoms with Crippen LogP contribution in [0.1, 0.15) is 45.1 Å². The van der Waals surface area contributed by atoms with E-state index in [-0.39, 0.29) is 17.9 Å². The number of aryl methyl sites for hydroxylation is 2. The first-order chi connectivity index (χ1) is 16.2. The molecule has 1 aliphatic heterocycles. The van der Waals surface area contributed by atoms with Crippen LogP contribution in [0, 0.1) is 25.5 Å². The number of halogens is 2. The first kappa shape index (κ1) is 23.3.